The molecule has 1 aliphatic rings. The third-order valence-corrected chi connectivity index (χ3v) is 6.69. The normalized spacial score (nSPS) is 13.5. The molecule has 2 amide bonds. The van der Waals surface area contributed by atoms with Crippen molar-refractivity contribution >= 4 is 23.2 Å². The fraction of sp³-hybridized carbons (Fsp3) is 0.517. The Hall–Kier alpha value is -3.06. The lowest BCUT2D eigenvalue weighted by molar-refractivity contribution is 0.0948. The van der Waals surface area contributed by atoms with Crippen LogP contribution in [0.4, 0.5) is 11.4 Å². The van der Waals surface area contributed by atoms with Crippen LogP contribution in [0.3, 0.4) is 0 Å². The number of nitrogens with zero attached hydrogens (tertiary/aromatic N) is 2. The van der Waals surface area contributed by atoms with Crippen LogP contribution in [-0.2, 0) is 0 Å². The van der Waals surface area contributed by atoms with Crippen molar-refractivity contribution in [1.82, 2.24) is 10.2 Å². The highest BCUT2D eigenvalue weighted by Gasteiger charge is 2.20. The van der Waals surface area contributed by atoms with Gasteiger partial charge in [-0.1, -0.05) is 27.2 Å². The number of carbonyl (C=O) groups is 2. The molecule has 0 radical (unpaired) electrons. The molecular formula is C29H42N4O3. The van der Waals surface area contributed by atoms with Crippen molar-refractivity contribution in [2.45, 2.75) is 52.9 Å². The van der Waals surface area contributed by atoms with Crippen molar-refractivity contribution in [2.75, 3.05) is 56.1 Å². The van der Waals surface area contributed by atoms with Crippen LogP contribution < -0.4 is 20.3 Å². The fourth-order valence-electron chi connectivity index (χ4n) is 4.41. The summed E-state index contributed by atoms with van der Waals surface area (Å²) < 4.78 is 5.69. The first-order valence-corrected chi connectivity index (χ1v) is 13.5. The molecule has 2 N–H and O–H groups in total. The van der Waals surface area contributed by atoms with Crippen LogP contribution in [0.25, 0.3) is 0 Å². The molecule has 1 heterocycles. The molecule has 2 aromatic carbocycles. The molecule has 1 saturated heterocycles. The van der Waals surface area contributed by atoms with Crippen LogP contribution in [0.5, 0.6) is 5.75 Å². The zero-order valence-corrected chi connectivity index (χ0v) is 22.1. The Balaban J connectivity index is 1.72. The molecule has 1 fully saturated rings. The molecule has 36 heavy (non-hydrogen) atoms. The van der Waals surface area contributed by atoms with Gasteiger partial charge in [-0.2, -0.15) is 0 Å². The molecule has 7 heteroatoms. The number of hydrogen-bond donors (Lipinski definition) is 2. The highest BCUT2D eigenvalue weighted by Crippen LogP contribution is 2.27. The van der Waals surface area contributed by atoms with E-state index in [1.54, 1.807) is 18.2 Å². The molecule has 0 atom stereocenters. The molecule has 1 aliphatic heterocycles. The van der Waals surface area contributed by atoms with E-state index < -0.39 is 0 Å². The van der Waals surface area contributed by atoms with Crippen molar-refractivity contribution in [3.05, 3.63) is 53.6 Å². The standard InChI is InChI=1S/C29H42N4O3/c1-4-7-21-36-25-14-11-23(12-15-25)28(34)31-24-13-16-27(33-18-9-8-10-19-33)26(22-24)29(35)30-17-20-32(5-2)6-3/h11-16,22H,4-10,17-21H2,1-3H3,(H,30,35)(H,31,34). The number of carbonyl (C=O) groups excluding carboxylic acids is 2. The van der Waals surface area contributed by atoms with Crippen molar-refractivity contribution in [1.29, 1.82) is 0 Å². The van der Waals surface area contributed by atoms with Crippen molar-refractivity contribution in [3.8, 4) is 5.75 Å². The van der Waals surface area contributed by atoms with Crippen LogP contribution in [0, 0.1) is 0 Å². The van der Waals surface area contributed by atoms with E-state index in [1.807, 2.05) is 24.3 Å². The van der Waals surface area contributed by atoms with Crippen molar-refractivity contribution in [3.63, 3.8) is 0 Å². The second-order valence-electron chi connectivity index (χ2n) is 9.24. The van der Waals surface area contributed by atoms with Gasteiger partial charge in [0.15, 0.2) is 0 Å². The monoisotopic (exact) mass is 494 g/mol. The number of benzene rings is 2. The summed E-state index contributed by atoms with van der Waals surface area (Å²) in [6.45, 7) is 12.2. The molecule has 0 saturated carbocycles. The van der Waals surface area contributed by atoms with Gasteiger partial charge in [0.05, 0.1) is 12.2 Å². The third kappa shape index (κ3) is 7.98. The summed E-state index contributed by atoms with van der Waals surface area (Å²) in [5.74, 6) is 0.440. The highest BCUT2D eigenvalue weighted by atomic mass is 16.5. The Morgan fingerprint density at radius 2 is 1.67 bits per heavy atom. The van der Waals surface area contributed by atoms with Crippen molar-refractivity contribution in [2.24, 2.45) is 0 Å². The summed E-state index contributed by atoms with van der Waals surface area (Å²) >= 11 is 0. The first kappa shape index (κ1) is 27.5. The molecule has 0 spiro atoms. The molecule has 2 aromatic rings. The summed E-state index contributed by atoms with van der Waals surface area (Å²) in [4.78, 5) is 30.7. The highest BCUT2D eigenvalue weighted by molar-refractivity contribution is 6.06. The first-order chi connectivity index (χ1) is 17.5. The lowest BCUT2D eigenvalue weighted by Gasteiger charge is -2.30. The number of ether oxygens (including phenoxy) is 1. The second-order valence-corrected chi connectivity index (χ2v) is 9.24. The third-order valence-electron chi connectivity index (χ3n) is 6.69. The zero-order valence-electron chi connectivity index (χ0n) is 22.1. The summed E-state index contributed by atoms with van der Waals surface area (Å²) in [6, 6.07) is 12.8. The molecule has 196 valence electrons. The Labute approximate surface area is 216 Å². The van der Waals surface area contributed by atoms with E-state index in [4.69, 9.17) is 4.74 Å². The summed E-state index contributed by atoms with van der Waals surface area (Å²) in [5.41, 5.74) is 2.69. The maximum absolute atomic E-state index is 13.2. The van der Waals surface area contributed by atoms with E-state index in [1.165, 1.54) is 6.42 Å². The van der Waals surface area contributed by atoms with Gasteiger partial charge in [0.25, 0.3) is 11.8 Å². The summed E-state index contributed by atoms with van der Waals surface area (Å²) in [5, 5.41) is 6.04. The lowest BCUT2D eigenvalue weighted by atomic mass is 10.1. The van der Waals surface area contributed by atoms with Gasteiger partial charge in [0.1, 0.15) is 5.75 Å². The zero-order chi connectivity index (χ0) is 25.8. The predicted molar refractivity (Wildman–Crippen MR) is 147 cm³/mol. The molecule has 0 aliphatic carbocycles. The number of piperidine rings is 1. The number of nitrogens with one attached hydrogen (secondary N) is 2. The Kier molecular flexibility index (Phi) is 11.1. The van der Waals surface area contributed by atoms with Gasteiger partial charge >= 0.3 is 0 Å². The number of anilines is 2. The Morgan fingerprint density at radius 3 is 2.33 bits per heavy atom. The fourth-order valence-corrected chi connectivity index (χ4v) is 4.41. The molecule has 7 nitrogen and oxygen atoms in total. The minimum atomic E-state index is -0.214. The average Bonchev–Trinajstić information content (AvgIpc) is 2.92. The second kappa shape index (κ2) is 14.5. The minimum absolute atomic E-state index is 0.104. The van der Waals surface area contributed by atoms with E-state index >= 15 is 0 Å². The largest absolute Gasteiger partial charge is 0.494 e. The van der Waals surface area contributed by atoms with E-state index in [-0.39, 0.29) is 11.8 Å². The predicted octanol–water partition coefficient (Wildman–Crippen LogP) is 5.18. The van der Waals surface area contributed by atoms with Gasteiger partial charge in [-0.25, -0.2) is 0 Å². The van der Waals surface area contributed by atoms with Crippen molar-refractivity contribution < 1.29 is 14.3 Å². The lowest BCUT2D eigenvalue weighted by Crippen LogP contribution is -2.36. The molecule has 0 aromatic heterocycles. The Morgan fingerprint density at radius 1 is 0.944 bits per heavy atom. The van der Waals surface area contributed by atoms with Gasteiger partial charge in [0.2, 0.25) is 0 Å². The summed E-state index contributed by atoms with van der Waals surface area (Å²) in [6.07, 6.45) is 5.55. The number of unbranched alkanes of at least 4 members (excludes halogenated alkanes) is 1. The van der Waals surface area contributed by atoms with E-state index in [0.717, 1.165) is 69.8 Å². The van der Waals surface area contributed by atoms with Crippen LogP contribution in [-0.4, -0.2) is 62.6 Å². The van der Waals surface area contributed by atoms with E-state index in [2.05, 4.69) is 41.2 Å². The number of likely N-dealkylation sites (N-methyl/N-ethyl adjacent to an activating group) is 1. The molecule has 0 unspecified atom stereocenters. The van der Waals surface area contributed by atoms with Crippen LogP contribution in [0.15, 0.2) is 42.5 Å². The van der Waals surface area contributed by atoms with Gasteiger partial charge in [-0.15, -0.1) is 0 Å². The summed E-state index contributed by atoms with van der Waals surface area (Å²) in [7, 11) is 0. The number of amides is 2. The quantitative estimate of drug-likeness (QED) is 0.376. The van der Waals surface area contributed by atoms with Crippen LogP contribution in [0.1, 0.15) is 73.6 Å². The van der Waals surface area contributed by atoms with E-state index in [0.29, 0.717) is 30.0 Å². The molecule has 3 rings (SSSR count). The average molecular weight is 495 g/mol. The maximum Gasteiger partial charge on any atom is 0.255 e. The van der Waals surface area contributed by atoms with Gasteiger partial charge in [-0.05, 0) is 81.2 Å². The topological polar surface area (TPSA) is 73.9 Å². The van der Waals surface area contributed by atoms with E-state index in [9.17, 15) is 9.59 Å². The van der Waals surface area contributed by atoms with Crippen LogP contribution >= 0.6 is 0 Å². The first-order valence-electron chi connectivity index (χ1n) is 13.5. The van der Waals surface area contributed by atoms with Crippen LogP contribution in [0.2, 0.25) is 0 Å². The van der Waals surface area contributed by atoms with Gasteiger partial charge < -0.3 is 25.2 Å². The minimum Gasteiger partial charge on any atom is -0.494 e. The van der Waals surface area contributed by atoms with Gasteiger partial charge in [0, 0.05) is 43.1 Å². The Bertz CT molecular complexity index is 967. The SMILES string of the molecule is CCCCOc1ccc(C(=O)Nc2ccc(N3CCCCC3)c(C(=O)NCCN(CC)CC)c2)cc1. The molecular weight excluding hydrogens is 452 g/mol. The number of hydrogen-bond acceptors (Lipinski definition) is 5. The smallest absolute Gasteiger partial charge is 0.255 e. The van der Waals surface area contributed by atoms with Gasteiger partial charge in [-0.3, -0.25) is 9.59 Å². The maximum atomic E-state index is 13.2. The molecule has 0 bridgehead atoms. The number of rotatable bonds is 13.